The van der Waals surface area contributed by atoms with E-state index in [0.717, 1.165) is 18.5 Å². The average Bonchev–Trinajstić information content (AvgIpc) is 2.70. The van der Waals surface area contributed by atoms with E-state index in [2.05, 4.69) is 10.8 Å². The van der Waals surface area contributed by atoms with Gasteiger partial charge in [0.15, 0.2) is 0 Å². The average molecular weight is 307 g/mol. The van der Waals surface area contributed by atoms with Crippen LogP contribution in [0.25, 0.3) is 0 Å². The van der Waals surface area contributed by atoms with Gasteiger partial charge in [0.2, 0.25) is 0 Å². The molecule has 0 aromatic heterocycles. The summed E-state index contributed by atoms with van der Waals surface area (Å²) in [5.41, 5.74) is 0.737. The molecule has 1 unspecified atom stereocenters. The molecule has 8 heteroatoms. The third-order valence-corrected chi connectivity index (χ3v) is 3.50. The van der Waals surface area contributed by atoms with E-state index in [0.29, 0.717) is 19.6 Å². The summed E-state index contributed by atoms with van der Waals surface area (Å²) < 4.78 is 38.7. The Hall–Kier alpha value is -1.12. The first kappa shape index (κ1) is 16.9. The van der Waals surface area contributed by atoms with Crippen molar-refractivity contribution >= 4 is 16.4 Å². The van der Waals surface area contributed by atoms with Crippen molar-refractivity contribution in [3.05, 3.63) is 12.3 Å². The molecule has 0 aromatic carbocycles. The van der Waals surface area contributed by atoms with Crippen LogP contribution in [0.4, 0.5) is 0 Å². The zero-order valence-corrected chi connectivity index (χ0v) is 12.4. The molecular weight excluding hydrogens is 286 g/mol. The van der Waals surface area contributed by atoms with E-state index in [4.69, 9.17) is 9.29 Å². The van der Waals surface area contributed by atoms with Crippen LogP contribution in [0, 0.1) is 5.92 Å². The Balaban J connectivity index is 2.35. The Kier molecular flexibility index (Phi) is 6.44. The fourth-order valence-electron chi connectivity index (χ4n) is 1.97. The van der Waals surface area contributed by atoms with Crippen molar-refractivity contribution in [2.24, 2.45) is 5.92 Å². The minimum Gasteiger partial charge on any atom is -0.465 e. The fraction of sp³-hybridized carbons (Fsp3) is 0.750. The zero-order valence-electron chi connectivity index (χ0n) is 11.6. The first-order valence-corrected chi connectivity index (χ1v) is 7.91. The predicted molar refractivity (Wildman–Crippen MR) is 72.2 cm³/mol. The molecule has 116 valence electrons. The van der Waals surface area contributed by atoms with Crippen LogP contribution in [0.3, 0.4) is 0 Å². The lowest BCUT2D eigenvalue weighted by Gasteiger charge is -2.18. The predicted octanol–water partition coefficient (Wildman–Crippen LogP) is 0.985. The zero-order chi connectivity index (χ0) is 15.2. The molecular formula is C12H21NO6S. The number of carbonyl (C=O) groups excluding carboxylic acids is 1. The lowest BCUT2D eigenvalue weighted by atomic mass is 10.1. The third kappa shape index (κ3) is 5.89. The van der Waals surface area contributed by atoms with Gasteiger partial charge in [-0.2, -0.15) is 8.42 Å². The molecule has 20 heavy (non-hydrogen) atoms. The van der Waals surface area contributed by atoms with Crippen LogP contribution in [0.5, 0.6) is 0 Å². The van der Waals surface area contributed by atoms with E-state index in [1.807, 2.05) is 6.92 Å². The molecule has 0 saturated carbocycles. The van der Waals surface area contributed by atoms with Gasteiger partial charge in [0.25, 0.3) is 0 Å². The molecule has 0 radical (unpaired) electrons. The smallest absolute Gasteiger partial charge is 0.397 e. The van der Waals surface area contributed by atoms with E-state index >= 15 is 0 Å². The normalized spacial score (nSPS) is 19.4. The number of allylic oxidation sites excluding steroid dienone is 1. The quantitative estimate of drug-likeness (QED) is 0.406. The van der Waals surface area contributed by atoms with Crippen LogP contribution >= 0.6 is 0 Å². The molecule has 0 bridgehead atoms. The van der Waals surface area contributed by atoms with Crippen molar-refractivity contribution in [1.82, 2.24) is 4.90 Å². The highest BCUT2D eigenvalue weighted by atomic mass is 32.3. The molecule has 1 fully saturated rings. The second-order valence-corrected chi connectivity index (χ2v) is 5.78. The van der Waals surface area contributed by atoms with Gasteiger partial charge >= 0.3 is 16.4 Å². The number of ether oxygens (including phenoxy) is 1. The number of hydrogen-bond acceptors (Lipinski definition) is 6. The number of carbonyl (C=O) groups is 1. The Bertz CT molecular complexity index is 447. The summed E-state index contributed by atoms with van der Waals surface area (Å²) in [6.07, 6.45) is 2.30. The van der Waals surface area contributed by atoms with Crippen LogP contribution < -0.4 is 0 Å². The standard InChI is InChI=1S/C12H21NO6S/c1-3-4-6-18-12(14)11-8-10(2)13(9-11)5-7-19-20(15,16)17/h11H,2-9H2,1H3,(H,15,16,17). The largest absolute Gasteiger partial charge is 0.465 e. The number of unbranched alkanes of at least 4 members (excludes halogenated alkanes) is 1. The maximum Gasteiger partial charge on any atom is 0.397 e. The molecule has 1 aliphatic rings. The molecule has 0 spiro atoms. The maximum absolute atomic E-state index is 11.8. The van der Waals surface area contributed by atoms with Crippen molar-refractivity contribution < 1.29 is 26.7 Å². The molecule has 0 amide bonds. The first-order valence-electron chi connectivity index (χ1n) is 6.54. The van der Waals surface area contributed by atoms with Gasteiger partial charge in [0.1, 0.15) is 0 Å². The van der Waals surface area contributed by atoms with Gasteiger partial charge in [-0.1, -0.05) is 19.9 Å². The summed E-state index contributed by atoms with van der Waals surface area (Å²) in [6.45, 7) is 6.76. The van der Waals surface area contributed by atoms with Crippen molar-refractivity contribution in [2.45, 2.75) is 26.2 Å². The van der Waals surface area contributed by atoms with E-state index < -0.39 is 10.4 Å². The molecule has 7 nitrogen and oxygen atoms in total. The van der Waals surface area contributed by atoms with E-state index in [1.54, 1.807) is 4.90 Å². The van der Waals surface area contributed by atoms with Crippen LogP contribution in [-0.2, 0) is 24.1 Å². The van der Waals surface area contributed by atoms with Gasteiger partial charge < -0.3 is 9.64 Å². The number of rotatable bonds is 8. The van der Waals surface area contributed by atoms with E-state index in [-0.39, 0.29) is 25.0 Å². The maximum atomic E-state index is 11.8. The molecule has 1 saturated heterocycles. The van der Waals surface area contributed by atoms with Crippen molar-refractivity contribution in [3.8, 4) is 0 Å². The topological polar surface area (TPSA) is 93.1 Å². The second-order valence-electron chi connectivity index (χ2n) is 4.68. The van der Waals surface area contributed by atoms with Crippen molar-refractivity contribution in [3.63, 3.8) is 0 Å². The van der Waals surface area contributed by atoms with Gasteiger partial charge in [0, 0.05) is 25.2 Å². The summed E-state index contributed by atoms with van der Waals surface area (Å²) in [5, 5.41) is 0. The minimum absolute atomic E-state index is 0.185. The van der Waals surface area contributed by atoms with Crippen LogP contribution in [0.1, 0.15) is 26.2 Å². The lowest BCUT2D eigenvalue weighted by molar-refractivity contribution is -0.148. The molecule has 1 rings (SSSR count). The highest BCUT2D eigenvalue weighted by molar-refractivity contribution is 7.80. The Morgan fingerprint density at radius 1 is 1.50 bits per heavy atom. The SMILES string of the molecule is C=C1CC(C(=O)OCCCC)CN1CCOS(=O)(=O)O. The minimum atomic E-state index is -4.43. The summed E-state index contributed by atoms with van der Waals surface area (Å²) in [5.74, 6) is -0.525. The Morgan fingerprint density at radius 3 is 2.80 bits per heavy atom. The van der Waals surface area contributed by atoms with E-state index in [1.165, 1.54) is 0 Å². The highest BCUT2D eigenvalue weighted by Gasteiger charge is 2.31. The number of esters is 1. The number of likely N-dealkylation sites (tertiary alicyclic amines) is 1. The molecule has 0 aliphatic carbocycles. The molecule has 1 N–H and O–H groups in total. The second kappa shape index (κ2) is 7.61. The van der Waals surface area contributed by atoms with Gasteiger partial charge in [-0.15, -0.1) is 0 Å². The summed E-state index contributed by atoms with van der Waals surface area (Å²) in [4.78, 5) is 13.5. The summed E-state index contributed by atoms with van der Waals surface area (Å²) >= 11 is 0. The lowest BCUT2D eigenvalue weighted by Crippen LogP contribution is -2.27. The Labute approximate surface area is 119 Å². The van der Waals surface area contributed by atoms with Gasteiger partial charge in [0.05, 0.1) is 19.1 Å². The van der Waals surface area contributed by atoms with Gasteiger partial charge in [-0.25, -0.2) is 4.18 Å². The first-order chi connectivity index (χ1) is 9.33. The van der Waals surface area contributed by atoms with Crippen LogP contribution in [0.2, 0.25) is 0 Å². The summed E-state index contributed by atoms with van der Waals surface area (Å²) in [6, 6.07) is 0. The number of hydrogen-bond donors (Lipinski definition) is 1. The van der Waals surface area contributed by atoms with E-state index in [9.17, 15) is 13.2 Å². The van der Waals surface area contributed by atoms with Crippen molar-refractivity contribution in [2.75, 3.05) is 26.3 Å². The molecule has 1 heterocycles. The highest BCUT2D eigenvalue weighted by Crippen LogP contribution is 2.25. The molecule has 1 aliphatic heterocycles. The van der Waals surface area contributed by atoms with Crippen LogP contribution in [-0.4, -0.2) is 50.1 Å². The van der Waals surface area contributed by atoms with Gasteiger partial charge in [-0.05, 0) is 6.42 Å². The summed E-state index contributed by atoms with van der Waals surface area (Å²) in [7, 11) is -4.43. The van der Waals surface area contributed by atoms with Crippen molar-refractivity contribution in [1.29, 1.82) is 0 Å². The third-order valence-electron chi connectivity index (χ3n) is 3.04. The fourth-order valence-corrected chi connectivity index (χ4v) is 2.25. The number of nitrogens with zero attached hydrogens (tertiary/aromatic N) is 1. The van der Waals surface area contributed by atoms with Crippen LogP contribution in [0.15, 0.2) is 12.3 Å². The molecule has 0 aromatic rings. The molecule has 1 atom stereocenters. The monoisotopic (exact) mass is 307 g/mol. The van der Waals surface area contributed by atoms with Gasteiger partial charge in [-0.3, -0.25) is 9.35 Å². The Morgan fingerprint density at radius 2 is 2.20 bits per heavy atom.